The molecule has 8 nitrogen and oxygen atoms in total. The van der Waals surface area contributed by atoms with Gasteiger partial charge in [0.05, 0.1) is 5.51 Å². The van der Waals surface area contributed by atoms with Crippen molar-refractivity contribution in [2.45, 2.75) is 43.9 Å². The molecule has 15 heteroatoms. The van der Waals surface area contributed by atoms with E-state index in [1.165, 1.54) is 0 Å². The molecule has 0 atom stereocenters. The summed E-state index contributed by atoms with van der Waals surface area (Å²) in [5, 5.41) is 3.83. The number of carbonyl (C=O) groups is 1. The fourth-order valence-electron chi connectivity index (χ4n) is 4.00. The second-order valence-electron chi connectivity index (χ2n) is 8.62. The first-order chi connectivity index (χ1) is 18.4. The highest BCUT2D eigenvalue weighted by molar-refractivity contribution is 7.92. The topological polar surface area (TPSA) is 91.8 Å². The smallest absolute Gasteiger partial charge is 0.381 e. The van der Waals surface area contributed by atoms with Gasteiger partial charge in [-0.1, -0.05) is 29.6 Å². The summed E-state index contributed by atoms with van der Waals surface area (Å²) in [6.07, 6.45) is -3.75. The average molecular weight is 591 g/mol. The van der Waals surface area contributed by atoms with Crippen LogP contribution < -0.4 is 9.79 Å². The van der Waals surface area contributed by atoms with Crippen LogP contribution in [0.2, 0.25) is 0 Å². The Hall–Kier alpha value is -3.30. The molecule has 0 unspecified atom stereocenters. The summed E-state index contributed by atoms with van der Waals surface area (Å²) in [5.74, 6) is -6.91. The Bertz CT molecular complexity index is 1420. The van der Waals surface area contributed by atoms with Crippen LogP contribution in [0.4, 0.5) is 33.5 Å². The fourth-order valence-corrected chi connectivity index (χ4v) is 5.86. The summed E-state index contributed by atoms with van der Waals surface area (Å²) in [7, 11) is -5.50. The molecule has 39 heavy (non-hydrogen) atoms. The molecule has 1 aliphatic heterocycles. The van der Waals surface area contributed by atoms with Crippen molar-refractivity contribution in [3.05, 3.63) is 69.5 Å². The molecule has 3 aromatic rings. The first-order valence-electron chi connectivity index (χ1n) is 11.7. The van der Waals surface area contributed by atoms with Crippen molar-refractivity contribution in [2.75, 3.05) is 22.9 Å². The van der Waals surface area contributed by atoms with Gasteiger partial charge in [0.2, 0.25) is 0 Å². The van der Waals surface area contributed by atoms with Gasteiger partial charge in [-0.2, -0.15) is 21.6 Å². The Labute approximate surface area is 225 Å². The molecule has 1 fully saturated rings. The van der Waals surface area contributed by atoms with E-state index in [9.17, 15) is 26.4 Å². The number of sulfonamides is 1. The normalized spacial score (nSPS) is 14.1. The van der Waals surface area contributed by atoms with Crippen molar-refractivity contribution in [3.8, 4) is 0 Å². The van der Waals surface area contributed by atoms with Gasteiger partial charge in [-0.05, 0) is 54.8 Å². The highest BCUT2D eigenvalue weighted by atomic mass is 32.2. The lowest BCUT2D eigenvalue weighted by molar-refractivity contribution is -0.199. The number of hydrogen-bond acceptors (Lipinski definition) is 8. The van der Waals surface area contributed by atoms with E-state index in [-0.39, 0.29) is 12.2 Å². The third-order valence-corrected chi connectivity index (χ3v) is 8.22. The van der Waals surface area contributed by atoms with Crippen molar-refractivity contribution >= 4 is 38.8 Å². The molecule has 2 aromatic carbocycles. The quantitative estimate of drug-likeness (QED) is 0.262. The molecule has 1 N–H and O–H groups in total. The standard InChI is InChI=1S/C24H23F5N4O4S2/c1-2-15-5-3-6-16(12-32-7-4-8-32)18(15)11-30-17-9-19(25)22(20(26)10-17)39(35,36)33(21-13-38-14-31-21)37-23(34)24(27,28)29/h3,5-6,9-10,13-14,30H,2,4,7-8,11-12H2,1H3. The summed E-state index contributed by atoms with van der Waals surface area (Å²) in [5.41, 5.74) is 3.96. The number of thiazole rings is 1. The van der Waals surface area contributed by atoms with Crippen LogP contribution in [0.3, 0.4) is 0 Å². The zero-order chi connectivity index (χ0) is 28.4. The fraction of sp³-hybridized carbons (Fsp3) is 0.333. The predicted octanol–water partition coefficient (Wildman–Crippen LogP) is 5.02. The second-order valence-corrected chi connectivity index (χ2v) is 11.0. The summed E-state index contributed by atoms with van der Waals surface area (Å²) < 4.78 is 94.0. The van der Waals surface area contributed by atoms with E-state index in [4.69, 9.17) is 0 Å². The zero-order valence-corrected chi connectivity index (χ0v) is 22.1. The van der Waals surface area contributed by atoms with Crippen molar-refractivity contribution in [1.29, 1.82) is 0 Å². The number of aromatic nitrogens is 1. The van der Waals surface area contributed by atoms with Crippen LogP contribution in [0.5, 0.6) is 0 Å². The van der Waals surface area contributed by atoms with Gasteiger partial charge in [0.25, 0.3) is 0 Å². The van der Waals surface area contributed by atoms with Crippen LogP contribution in [0, 0.1) is 11.6 Å². The molecule has 1 saturated heterocycles. The first kappa shape index (κ1) is 28.7. The van der Waals surface area contributed by atoms with Crippen LogP contribution in [0.1, 0.15) is 30.0 Å². The summed E-state index contributed by atoms with van der Waals surface area (Å²) in [6, 6.07) is 7.26. The van der Waals surface area contributed by atoms with Gasteiger partial charge in [-0.3, -0.25) is 4.90 Å². The maximum Gasteiger partial charge on any atom is 0.493 e. The van der Waals surface area contributed by atoms with Crippen LogP contribution >= 0.6 is 11.3 Å². The van der Waals surface area contributed by atoms with Crippen LogP contribution in [-0.2, 0) is 39.2 Å². The van der Waals surface area contributed by atoms with Crippen molar-refractivity contribution in [1.82, 2.24) is 9.88 Å². The molecule has 210 valence electrons. The number of halogens is 5. The number of nitrogens with one attached hydrogen (secondary N) is 1. The summed E-state index contributed by atoms with van der Waals surface area (Å²) >= 11 is 0.751. The lowest BCUT2D eigenvalue weighted by atomic mass is 9.97. The van der Waals surface area contributed by atoms with E-state index < -0.39 is 49.0 Å². The Balaban J connectivity index is 1.62. The van der Waals surface area contributed by atoms with E-state index in [2.05, 4.69) is 20.0 Å². The van der Waals surface area contributed by atoms with Gasteiger partial charge >= 0.3 is 22.2 Å². The molecule has 1 aliphatic rings. The van der Waals surface area contributed by atoms with E-state index in [0.717, 1.165) is 58.4 Å². The lowest BCUT2D eigenvalue weighted by Crippen LogP contribution is -2.39. The highest BCUT2D eigenvalue weighted by Gasteiger charge is 2.46. The number of anilines is 2. The van der Waals surface area contributed by atoms with Crippen molar-refractivity contribution in [3.63, 3.8) is 0 Å². The number of aryl methyl sites for hydroxylation is 1. The number of likely N-dealkylation sites (tertiary alicyclic amines) is 1. The van der Waals surface area contributed by atoms with Gasteiger partial charge < -0.3 is 10.2 Å². The maximum absolute atomic E-state index is 15.1. The van der Waals surface area contributed by atoms with Crippen LogP contribution in [-0.4, -0.2) is 43.5 Å². The molecule has 0 saturated carbocycles. The molecule has 0 bridgehead atoms. The largest absolute Gasteiger partial charge is 0.493 e. The van der Waals surface area contributed by atoms with Gasteiger partial charge in [0, 0.05) is 24.2 Å². The highest BCUT2D eigenvalue weighted by Crippen LogP contribution is 2.31. The van der Waals surface area contributed by atoms with Gasteiger partial charge in [-0.15, -0.1) is 11.3 Å². The SMILES string of the molecule is CCc1cccc(CN2CCC2)c1CNc1cc(F)c(S(=O)(=O)N(OC(=O)C(F)(F)F)c2cscn2)c(F)c1. The molecule has 0 radical (unpaired) electrons. The Kier molecular flexibility index (Phi) is 8.42. The van der Waals surface area contributed by atoms with Gasteiger partial charge in [-0.25, -0.2) is 18.6 Å². The first-order valence-corrected chi connectivity index (χ1v) is 14.1. The minimum absolute atomic E-state index is 0.0998. The van der Waals surface area contributed by atoms with Crippen LogP contribution in [0.15, 0.2) is 46.1 Å². The molecular formula is C24H23F5N4O4S2. The second kappa shape index (κ2) is 11.4. The number of nitrogens with zero attached hydrogens (tertiary/aromatic N) is 3. The molecular weight excluding hydrogens is 567 g/mol. The summed E-state index contributed by atoms with van der Waals surface area (Å²) in [4.78, 5) is 19.5. The Morgan fingerprint density at radius 2 is 1.85 bits per heavy atom. The third kappa shape index (κ3) is 6.31. The minimum atomic E-state index is -5.59. The molecule has 0 spiro atoms. The Morgan fingerprint density at radius 3 is 2.38 bits per heavy atom. The molecule has 4 rings (SSSR count). The minimum Gasteiger partial charge on any atom is -0.381 e. The number of carbonyl (C=O) groups excluding carboxylic acids is 1. The van der Waals surface area contributed by atoms with E-state index in [1.807, 2.05) is 25.1 Å². The number of hydrogen-bond donors (Lipinski definition) is 1. The zero-order valence-electron chi connectivity index (χ0n) is 20.5. The average Bonchev–Trinajstić information content (AvgIpc) is 3.36. The number of alkyl halides is 3. The van der Waals surface area contributed by atoms with Crippen LogP contribution in [0.25, 0.3) is 0 Å². The van der Waals surface area contributed by atoms with Gasteiger partial charge in [0.15, 0.2) is 10.7 Å². The number of benzene rings is 2. The molecule has 0 amide bonds. The number of rotatable bonds is 10. The molecule has 1 aromatic heterocycles. The third-order valence-electron chi connectivity index (χ3n) is 6.04. The Morgan fingerprint density at radius 1 is 1.18 bits per heavy atom. The monoisotopic (exact) mass is 590 g/mol. The predicted molar refractivity (Wildman–Crippen MR) is 133 cm³/mol. The summed E-state index contributed by atoms with van der Waals surface area (Å²) in [6.45, 7) is 4.84. The van der Waals surface area contributed by atoms with E-state index in [0.29, 0.717) is 25.1 Å². The lowest BCUT2D eigenvalue weighted by Gasteiger charge is -2.31. The van der Waals surface area contributed by atoms with Crippen molar-refractivity contribution in [2.24, 2.45) is 0 Å². The van der Waals surface area contributed by atoms with E-state index in [1.54, 1.807) is 0 Å². The van der Waals surface area contributed by atoms with E-state index >= 15 is 8.78 Å². The van der Waals surface area contributed by atoms with Gasteiger partial charge in [0.1, 0.15) is 11.6 Å². The maximum atomic E-state index is 15.1. The molecule has 2 heterocycles. The van der Waals surface area contributed by atoms with Crippen molar-refractivity contribution < 1.29 is 40.0 Å². The molecule has 0 aliphatic carbocycles.